The molecule has 0 radical (unpaired) electrons. The van der Waals surface area contributed by atoms with E-state index in [1.54, 1.807) is 31.4 Å². The first-order chi connectivity index (χ1) is 14.0. The number of ether oxygens (including phenoxy) is 1. The maximum atomic E-state index is 12.9. The molecule has 2 aromatic heterocycles. The molecule has 0 saturated carbocycles. The molecule has 1 aromatic carbocycles. The molecule has 0 saturated heterocycles. The van der Waals surface area contributed by atoms with Gasteiger partial charge in [0.2, 0.25) is 5.69 Å². The number of rotatable bonds is 4. The molecule has 4 rings (SSSR count). The molecule has 148 valence electrons. The number of amides is 1. The molecule has 1 aliphatic carbocycles. The lowest BCUT2D eigenvalue weighted by atomic mass is 9.89. The molecule has 0 fully saturated rings. The SMILES string of the molecule is COc1ccc(-[n+]2[nH]oc(=O)c2C(=O)Nc2sc3c(c2C#N)CCC(C)C3)cc1. The molecule has 0 bridgehead atoms. The maximum absolute atomic E-state index is 12.9. The van der Waals surface area contributed by atoms with Crippen LogP contribution in [-0.4, -0.2) is 18.3 Å². The number of hydrogen-bond donors (Lipinski definition) is 2. The van der Waals surface area contributed by atoms with Crippen LogP contribution in [0, 0.1) is 17.2 Å². The highest BCUT2D eigenvalue weighted by Gasteiger charge is 2.33. The van der Waals surface area contributed by atoms with Crippen LogP contribution in [0.15, 0.2) is 33.6 Å². The number of anilines is 1. The third kappa shape index (κ3) is 3.43. The molecule has 1 unspecified atom stereocenters. The third-order valence-corrected chi connectivity index (χ3v) is 6.21. The van der Waals surface area contributed by atoms with Crippen molar-refractivity contribution in [3.63, 3.8) is 0 Å². The highest BCUT2D eigenvalue weighted by Crippen LogP contribution is 2.39. The van der Waals surface area contributed by atoms with E-state index in [0.29, 0.717) is 27.9 Å². The molecule has 1 aliphatic rings. The first kappa shape index (κ1) is 19.0. The second kappa shape index (κ2) is 7.56. The zero-order valence-electron chi connectivity index (χ0n) is 15.9. The van der Waals surface area contributed by atoms with Gasteiger partial charge in [-0.3, -0.25) is 9.32 Å². The number of methoxy groups -OCH3 is 1. The molecular weight excluding hydrogens is 392 g/mol. The smallest absolute Gasteiger partial charge is 0.441 e. The van der Waals surface area contributed by atoms with E-state index < -0.39 is 11.5 Å². The first-order valence-corrected chi connectivity index (χ1v) is 9.97. The molecule has 9 heteroatoms. The Morgan fingerprint density at radius 3 is 2.86 bits per heavy atom. The van der Waals surface area contributed by atoms with E-state index >= 15 is 0 Å². The normalized spacial score (nSPS) is 15.4. The van der Waals surface area contributed by atoms with E-state index in [-0.39, 0.29) is 5.69 Å². The summed E-state index contributed by atoms with van der Waals surface area (Å²) in [5.41, 5.74) is 1.02. The number of hydrogen-bond acceptors (Lipinski definition) is 6. The van der Waals surface area contributed by atoms with Gasteiger partial charge in [0.05, 0.1) is 12.7 Å². The molecule has 29 heavy (non-hydrogen) atoms. The zero-order chi connectivity index (χ0) is 20.5. The fourth-order valence-corrected chi connectivity index (χ4v) is 4.86. The van der Waals surface area contributed by atoms with Gasteiger partial charge in [0.1, 0.15) is 16.8 Å². The van der Waals surface area contributed by atoms with Gasteiger partial charge in [-0.05, 0) is 52.8 Å². The quantitative estimate of drug-likeness (QED) is 0.641. The predicted molar refractivity (Wildman–Crippen MR) is 106 cm³/mol. The summed E-state index contributed by atoms with van der Waals surface area (Å²) in [7, 11) is 1.55. The minimum absolute atomic E-state index is 0.209. The monoisotopic (exact) mass is 411 g/mol. The molecular formula is C20H19N4O4S+. The summed E-state index contributed by atoms with van der Waals surface area (Å²) in [6.07, 6.45) is 2.73. The predicted octanol–water partition coefficient (Wildman–Crippen LogP) is 2.56. The van der Waals surface area contributed by atoms with Crippen LogP contribution in [0.2, 0.25) is 0 Å². The van der Waals surface area contributed by atoms with Crippen LogP contribution in [0.3, 0.4) is 0 Å². The Morgan fingerprint density at radius 1 is 1.41 bits per heavy atom. The van der Waals surface area contributed by atoms with Gasteiger partial charge < -0.3 is 10.1 Å². The highest BCUT2D eigenvalue weighted by atomic mass is 32.1. The van der Waals surface area contributed by atoms with E-state index in [9.17, 15) is 14.9 Å². The van der Waals surface area contributed by atoms with Gasteiger partial charge in [-0.1, -0.05) is 6.92 Å². The van der Waals surface area contributed by atoms with Crippen molar-refractivity contribution in [1.29, 1.82) is 5.26 Å². The van der Waals surface area contributed by atoms with Crippen LogP contribution < -0.4 is 20.4 Å². The number of thiophene rings is 1. The van der Waals surface area contributed by atoms with Crippen molar-refractivity contribution in [3.8, 4) is 17.5 Å². The van der Waals surface area contributed by atoms with Crippen molar-refractivity contribution in [2.45, 2.75) is 26.2 Å². The average Bonchev–Trinajstić information content (AvgIpc) is 3.27. The van der Waals surface area contributed by atoms with Crippen LogP contribution >= 0.6 is 11.3 Å². The second-order valence-corrected chi connectivity index (χ2v) is 8.09. The lowest BCUT2D eigenvalue weighted by molar-refractivity contribution is -0.672. The highest BCUT2D eigenvalue weighted by molar-refractivity contribution is 7.16. The summed E-state index contributed by atoms with van der Waals surface area (Å²) in [6.45, 7) is 2.18. The molecule has 3 aromatic rings. The Hall–Kier alpha value is -3.38. The number of nitriles is 1. The molecule has 2 N–H and O–H groups in total. The van der Waals surface area contributed by atoms with E-state index in [0.717, 1.165) is 29.7 Å². The van der Waals surface area contributed by atoms with E-state index in [1.165, 1.54) is 16.0 Å². The van der Waals surface area contributed by atoms with Gasteiger partial charge in [0, 0.05) is 17.0 Å². The van der Waals surface area contributed by atoms with Crippen molar-refractivity contribution in [3.05, 3.63) is 56.4 Å². The number of aromatic nitrogens is 2. The van der Waals surface area contributed by atoms with Gasteiger partial charge in [-0.15, -0.1) is 11.3 Å². The Bertz CT molecular complexity index is 1170. The first-order valence-electron chi connectivity index (χ1n) is 9.15. The van der Waals surface area contributed by atoms with E-state index in [1.807, 2.05) is 0 Å². The second-order valence-electron chi connectivity index (χ2n) is 6.98. The number of benzene rings is 1. The Labute approximate surface area is 170 Å². The van der Waals surface area contributed by atoms with Crippen molar-refractivity contribution >= 4 is 22.2 Å². The summed E-state index contributed by atoms with van der Waals surface area (Å²) in [6, 6.07) is 9.00. The summed E-state index contributed by atoms with van der Waals surface area (Å²) >= 11 is 1.41. The van der Waals surface area contributed by atoms with Gasteiger partial charge in [0.25, 0.3) is 0 Å². The van der Waals surface area contributed by atoms with Gasteiger partial charge in [-0.2, -0.15) is 5.26 Å². The summed E-state index contributed by atoms with van der Waals surface area (Å²) in [5.74, 6) is 0.549. The Balaban J connectivity index is 1.68. The lowest BCUT2D eigenvalue weighted by Gasteiger charge is -2.17. The lowest BCUT2D eigenvalue weighted by Crippen LogP contribution is -2.42. The minimum atomic E-state index is -0.799. The number of nitrogens with one attached hydrogen (secondary N) is 2. The number of aromatic amines is 1. The number of nitrogens with zero attached hydrogens (tertiary/aromatic N) is 2. The summed E-state index contributed by atoms with van der Waals surface area (Å²) in [4.78, 5) is 26.2. The maximum Gasteiger partial charge on any atom is 0.441 e. The molecule has 1 atom stereocenters. The van der Waals surface area contributed by atoms with Crippen LogP contribution in [0.4, 0.5) is 5.00 Å². The number of H-pyrrole nitrogens is 1. The van der Waals surface area contributed by atoms with Crippen molar-refractivity contribution < 1.29 is 18.7 Å². The van der Waals surface area contributed by atoms with Gasteiger partial charge in [-0.25, -0.2) is 4.79 Å². The fraction of sp³-hybridized carbons (Fsp3) is 0.300. The summed E-state index contributed by atoms with van der Waals surface area (Å²) < 4.78 is 11.2. The van der Waals surface area contributed by atoms with Gasteiger partial charge >= 0.3 is 17.2 Å². The van der Waals surface area contributed by atoms with Crippen LogP contribution in [-0.2, 0) is 12.8 Å². The number of carbonyl (C=O) groups is 1. The van der Waals surface area contributed by atoms with Crippen molar-refractivity contribution in [1.82, 2.24) is 5.27 Å². The third-order valence-electron chi connectivity index (χ3n) is 5.04. The van der Waals surface area contributed by atoms with Crippen molar-refractivity contribution in [2.75, 3.05) is 12.4 Å². The number of carbonyl (C=O) groups excluding carboxylic acids is 1. The largest absolute Gasteiger partial charge is 0.497 e. The fourth-order valence-electron chi connectivity index (χ4n) is 3.50. The average molecular weight is 411 g/mol. The van der Waals surface area contributed by atoms with Crippen molar-refractivity contribution in [2.24, 2.45) is 5.92 Å². The number of fused-ring (bicyclic) bond motifs is 1. The van der Waals surface area contributed by atoms with Crippen LogP contribution in [0.5, 0.6) is 5.75 Å². The van der Waals surface area contributed by atoms with Crippen LogP contribution in [0.1, 0.15) is 39.8 Å². The molecule has 0 spiro atoms. The Morgan fingerprint density at radius 2 is 2.17 bits per heavy atom. The Kier molecular flexibility index (Phi) is 4.94. The standard InChI is InChI=1S/C20H18N4O4S/c1-11-3-8-14-15(10-21)19(29-16(14)9-11)22-18(25)17-20(26)28-23-24(17)12-4-6-13(27-2)7-5-12/h4-7,11H,3,8-9H2,1-2H3,(H-,22,23,25,26)/p+1. The topological polar surface area (TPSA) is 112 Å². The minimum Gasteiger partial charge on any atom is -0.497 e. The van der Waals surface area contributed by atoms with E-state index in [4.69, 9.17) is 9.26 Å². The molecule has 8 nitrogen and oxygen atoms in total. The summed E-state index contributed by atoms with van der Waals surface area (Å²) in [5, 5.41) is 15.3. The molecule has 1 amide bonds. The van der Waals surface area contributed by atoms with Gasteiger partial charge in [0.15, 0.2) is 0 Å². The van der Waals surface area contributed by atoms with Crippen LogP contribution in [0.25, 0.3) is 5.69 Å². The molecule has 0 aliphatic heterocycles. The zero-order valence-corrected chi connectivity index (χ0v) is 16.8. The van der Waals surface area contributed by atoms with E-state index in [2.05, 4.69) is 23.6 Å². The molecule has 2 heterocycles.